The van der Waals surface area contributed by atoms with E-state index >= 15 is 0 Å². The average Bonchev–Trinajstić information content (AvgIpc) is 2.53. The molecule has 1 aliphatic heterocycles. The van der Waals surface area contributed by atoms with Crippen LogP contribution in [0.4, 0.5) is 0 Å². The van der Waals surface area contributed by atoms with Crippen molar-refractivity contribution in [2.24, 2.45) is 11.8 Å². The van der Waals surface area contributed by atoms with E-state index in [4.69, 9.17) is 0 Å². The standard InChI is InChI=1S/C17H19NO3/c19-16(14-7-3-4-8-15(14)17(20)21)18-10-9-12-5-1-2-6-13(12)11-18/h1-6,14-15H,7-11H2,(H,20,21)/t14-,15-/m1/s1. The summed E-state index contributed by atoms with van der Waals surface area (Å²) < 4.78 is 0. The van der Waals surface area contributed by atoms with Gasteiger partial charge in [-0.25, -0.2) is 0 Å². The number of benzene rings is 1. The largest absolute Gasteiger partial charge is 0.481 e. The molecule has 0 bridgehead atoms. The number of carbonyl (C=O) groups is 2. The molecule has 0 spiro atoms. The number of rotatable bonds is 2. The second-order valence-electron chi connectivity index (χ2n) is 5.77. The fourth-order valence-corrected chi connectivity index (χ4v) is 3.28. The van der Waals surface area contributed by atoms with Gasteiger partial charge in [-0.05, 0) is 30.4 Å². The summed E-state index contributed by atoms with van der Waals surface area (Å²) in [6.07, 6.45) is 5.64. The molecule has 110 valence electrons. The number of nitrogens with zero attached hydrogens (tertiary/aromatic N) is 1. The SMILES string of the molecule is O=C(O)[C@@H]1CC=CC[C@H]1C(=O)N1CCc2ccccc2C1. The minimum atomic E-state index is -0.866. The Morgan fingerprint density at radius 3 is 2.43 bits per heavy atom. The number of amides is 1. The maximum atomic E-state index is 12.7. The molecule has 4 nitrogen and oxygen atoms in total. The molecule has 3 rings (SSSR count). The lowest BCUT2D eigenvalue weighted by Crippen LogP contribution is -2.43. The van der Waals surface area contributed by atoms with Gasteiger partial charge in [-0.3, -0.25) is 9.59 Å². The van der Waals surface area contributed by atoms with Crippen LogP contribution in [0.2, 0.25) is 0 Å². The molecule has 0 aromatic heterocycles. The summed E-state index contributed by atoms with van der Waals surface area (Å²) in [6.45, 7) is 1.28. The highest BCUT2D eigenvalue weighted by Gasteiger charge is 2.37. The summed E-state index contributed by atoms with van der Waals surface area (Å²) >= 11 is 0. The lowest BCUT2D eigenvalue weighted by Gasteiger charge is -2.34. The van der Waals surface area contributed by atoms with Crippen LogP contribution < -0.4 is 0 Å². The van der Waals surface area contributed by atoms with E-state index in [9.17, 15) is 14.7 Å². The van der Waals surface area contributed by atoms with Crippen molar-refractivity contribution >= 4 is 11.9 Å². The summed E-state index contributed by atoms with van der Waals surface area (Å²) in [4.78, 5) is 25.9. The molecule has 1 N–H and O–H groups in total. The first-order chi connectivity index (χ1) is 10.2. The van der Waals surface area contributed by atoms with Crippen LogP contribution in [0.5, 0.6) is 0 Å². The van der Waals surface area contributed by atoms with Crippen LogP contribution >= 0.6 is 0 Å². The fourth-order valence-electron chi connectivity index (χ4n) is 3.28. The molecule has 2 aliphatic rings. The highest BCUT2D eigenvalue weighted by atomic mass is 16.4. The van der Waals surface area contributed by atoms with Gasteiger partial charge in [0.25, 0.3) is 0 Å². The van der Waals surface area contributed by atoms with Crippen molar-refractivity contribution in [1.82, 2.24) is 4.90 Å². The van der Waals surface area contributed by atoms with Gasteiger partial charge in [0.15, 0.2) is 0 Å². The van der Waals surface area contributed by atoms with Gasteiger partial charge in [-0.2, -0.15) is 0 Å². The summed E-state index contributed by atoms with van der Waals surface area (Å²) in [5, 5.41) is 9.31. The quantitative estimate of drug-likeness (QED) is 0.848. The van der Waals surface area contributed by atoms with Crippen molar-refractivity contribution in [2.45, 2.75) is 25.8 Å². The van der Waals surface area contributed by atoms with Gasteiger partial charge in [0.05, 0.1) is 11.8 Å². The molecular weight excluding hydrogens is 266 g/mol. The van der Waals surface area contributed by atoms with E-state index in [-0.39, 0.29) is 5.91 Å². The van der Waals surface area contributed by atoms with E-state index in [1.807, 2.05) is 35.3 Å². The highest BCUT2D eigenvalue weighted by molar-refractivity contribution is 5.85. The van der Waals surface area contributed by atoms with Crippen LogP contribution in [0.15, 0.2) is 36.4 Å². The monoisotopic (exact) mass is 285 g/mol. The number of carboxylic acids is 1. The maximum Gasteiger partial charge on any atom is 0.307 e. The smallest absolute Gasteiger partial charge is 0.307 e. The van der Waals surface area contributed by atoms with Gasteiger partial charge < -0.3 is 10.0 Å². The molecule has 0 unspecified atom stereocenters. The molecule has 1 aromatic carbocycles. The third kappa shape index (κ3) is 2.71. The zero-order chi connectivity index (χ0) is 14.8. The Morgan fingerprint density at radius 1 is 1.05 bits per heavy atom. The Labute approximate surface area is 124 Å². The fraction of sp³-hybridized carbons (Fsp3) is 0.412. The molecule has 4 heteroatoms. The molecule has 2 atom stereocenters. The molecule has 1 aliphatic carbocycles. The first kappa shape index (κ1) is 13.9. The second kappa shape index (κ2) is 5.72. The van der Waals surface area contributed by atoms with Crippen LogP contribution in [-0.2, 0) is 22.6 Å². The number of hydrogen-bond donors (Lipinski definition) is 1. The van der Waals surface area contributed by atoms with Crippen molar-refractivity contribution in [3.8, 4) is 0 Å². The number of hydrogen-bond acceptors (Lipinski definition) is 2. The van der Waals surface area contributed by atoms with Crippen LogP contribution in [0.25, 0.3) is 0 Å². The summed E-state index contributed by atoms with van der Waals surface area (Å²) in [5.41, 5.74) is 2.47. The minimum Gasteiger partial charge on any atom is -0.481 e. The predicted molar refractivity (Wildman–Crippen MR) is 78.6 cm³/mol. The van der Waals surface area contributed by atoms with E-state index in [0.717, 1.165) is 6.42 Å². The van der Waals surface area contributed by atoms with Crippen molar-refractivity contribution in [1.29, 1.82) is 0 Å². The van der Waals surface area contributed by atoms with E-state index in [0.29, 0.717) is 25.9 Å². The van der Waals surface area contributed by atoms with Gasteiger partial charge in [0.1, 0.15) is 0 Å². The zero-order valence-corrected chi connectivity index (χ0v) is 11.9. The van der Waals surface area contributed by atoms with Crippen LogP contribution in [0, 0.1) is 11.8 Å². The van der Waals surface area contributed by atoms with Crippen LogP contribution in [0.1, 0.15) is 24.0 Å². The minimum absolute atomic E-state index is 0.0127. The molecule has 1 heterocycles. The molecule has 0 saturated carbocycles. The molecule has 0 fully saturated rings. The van der Waals surface area contributed by atoms with Crippen molar-refractivity contribution in [3.63, 3.8) is 0 Å². The number of carboxylic acid groups (broad SMARTS) is 1. The predicted octanol–water partition coefficient (Wildman–Crippen LogP) is 2.24. The first-order valence-corrected chi connectivity index (χ1v) is 7.40. The topological polar surface area (TPSA) is 57.6 Å². The normalized spacial score (nSPS) is 24.5. The number of allylic oxidation sites excluding steroid dienone is 2. The van der Waals surface area contributed by atoms with Gasteiger partial charge in [-0.1, -0.05) is 36.4 Å². The lowest BCUT2D eigenvalue weighted by molar-refractivity contribution is -0.151. The third-order valence-corrected chi connectivity index (χ3v) is 4.51. The summed E-state index contributed by atoms with van der Waals surface area (Å²) in [7, 11) is 0. The van der Waals surface area contributed by atoms with Gasteiger partial charge in [0.2, 0.25) is 5.91 Å². The van der Waals surface area contributed by atoms with Gasteiger partial charge in [-0.15, -0.1) is 0 Å². The van der Waals surface area contributed by atoms with Crippen molar-refractivity contribution < 1.29 is 14.7 Å². The third-order valence-electron chi connectivity index (χ3n) is 4.51. The maximum absolute atomic E-state index is 12.7. The first-order valence-electron chi connectivity index (χ1n) is 7.40. The molecular formula is C17H19NO3. The van der Waals surface area contributed by atoms with Crippen LogP contribution in [0.3, 0.4) is 0 Å². The zero-order valence-electron chi connectivity index (χ0n) is 11.9. The molecule has 1 amide bonds. The Balaban J connectivity index is 1.77. The molecule has 0 saturated heterocycles. The highest BCUT2D eigenvalue weighted by Crippen LogP contribution is 2.29. The Bertz CT molecular complexity index is 593. The molecule has 21 heavy (non-hydrogen) atoms. The van der Waals surface area contributed by atoms with Gasteiger partial charge in [0, 0.05) is 13.1 Å². The number of aliphatic carboxylic acids is 1. The molecule has 0 radical (unpaired) electrons. The second-order valence-corrected chi connectivity index (χ2v) is 5.77. The Morgan fingerprint density at radius 2 is 1.71 bits per heavy atom. The average molecular weight is 285 g/mol. The summed E-state index contributed by atoms with van der Waals surface area (Å²) in [6, 6.07) is 8.14. The van der Waals surface area contributed by atoms with Crippen LogP contribution in [-0.4, -0.2) is 28.4 Å². The van der Waals surface area contributed by atoms with E-state index in [1.165, 1.54) is 11.1 Å². The van der Waals surface area contributed by atoms with E-state index < -0.39 is 17.8 Å². The van der Waals surface area contributed by atoms with Crippen molar-refractivity contribution in [3.05, 3.63) is 47.5 Å². The lowest BCUT2D eigenvalue weighted by atomic mass is 9.81. The van der Waals surface area contributed by atoms with Crippen molar-refractivity contribution in [2.75, 3.05) is 6.54 Å². The number of carbonyl (C=O) groups excluding carboxylic acids is 1. The van der Waals surface area contributed by atoms with E-state index in [2.05, 4.69) is 6.07 Å². The van der Waals surface area contributed by atoms with E-state index in [1.54, 1.807) is 0 Å². The Kier molecular flexibility index (Phi) is 3.78. The Hall–Kier alpha value is -2.10. The summed E-state index contributed by atoms with van der Waals surface area (Å²) in [5.74, 6) is -1.88. The molecule has 1 aromatic rings. The number of fused-ring (bicyclic) bond motifs is 1. The van der Waals surface area contributed by atoms with Gasteiger partial charge >= 0.3 is 5.97 Å².